The van der Waals surface area contributed by atoms with Gasteiger partial charge in [0.1, 0.15) is 5.02 Å². The number of methoxy groups -OCH3 is 1. The summed E-state index contributed by atoms with van der Waals surface area (Å²) >= 11 is 5.74. The van der Waals surface area contributed by atoms with Gasteiger partial charge in [0, 0.05) is 31.8 Å². The van der Waals surface area contributed by atoms with Gasteiger partial charge in [-0.25, -0.2) is 0 Å². The van der Waals surface area contributed by atoms with Crippen LogP contribution >= 0.6 is 11.6 Å². The van der Waals surface area contributed by atoms with Gasteiger partial charge in [-0.15, -0.1) is 0 Å². The van der Waals surface area contributed by atoms with E-state index < -0.39 is 10.8 Å². The molecule has 1 aromatic rings. The second-order valence-electron chi connectivity index (χ2n) is 5.66. The van der Waals surface area contributed by atoms with E-state index in [0.29, 0.717) is 13.2 Å². The Balaban J connectivity index is 2.04. The van der Waals surface area contributed by atoms with Gasteiger partial charge in [0.25, 0.3) is 5.69 Å². The summed E-state index contributed by atoms with van der Waals surface area (Å²) in [4.78, 5) is 36.2. The first kappa shape index (κ1) is 18.2. The third kappa shape index (κ3) is 4.01. The van der Waals surface area contributed by atoms with Crippen molar-refractivity contribution in [3.05, 3.63) is 33.3 Å². The number of nitrogens with zero attached hydrogens (tertiary/aromatic N) is 2. The van der Waals surface area contributed by atoms with Crippen LogP contribution in [-0.2, 0) is 14.3 Å². The zero-order valence-electron chi connectivity index (χ0n) is 13.3. The van der Waals surface area contributed by atoms with Crippen LogP contribution in [0.15, 0.2) is 18.2 Å². The lowest BCUT2D eigenvalue weighted by atomic mass is 10.1. The number of carbonyl (C=O) groups excluding carboxylic acids is 2. The molecule has 1 aromatic carbocycles. The van der Waals surface area contributed by atoms with Crippen molar-refractivity contribution in [3.8, 4) is 0 Å². The highest BCUT2D eigenvalue weighted by atomic mass is 35.5. The SMILES string of the molecule is COC[C@@H](C)N1C[C@H](C(=O)Nc2ccc(Cl)c([N+](=O)[O-])c2)CC1=O. The maximum absolute atomic E-state index is 12.3. The molecule has 0 spiro atoms. The summed E-state index contributed by atoms with van der Waals surface area (Å²) in [6.45, 7) is 2.54. The van der Waals surface area contributed by atoms with E-state index in [2.05, 4.69) is 5.32 Å². The van der Waals surface area contributed by atoms with Gasteiger partial charge in [0.15, 0.2) is 0 Å². The van der Waals surface area contributed by atoms with Crippen molar-refractivity contribution in [2.75, 3.05) is 25.6 Å². The highest BCUT2D eigenvalue weighted by molar-refractivity contribution is 6.32. The molecule has 130 valence electrons. The summed E-state index contributed by atoms with van der Waals surface area (Å²) in [5.41, 5.74) is -0.0146. The Hall–Kier alpha value is -2.19. The third-order valence-corrected chi connectivity index (χ3v) is 4.20. The predicted octanol–water partition coefficient (Wildman–Crippen LogP) is 2.07. The van der Waals surface area contributed by atoms with Gasteiger partial charge in [-0.05, 0) is 19.1 Å². The number of anilines is 1. The number of carbonyl (C=O) groups is 2. The maximum atomic E-state index is 12.3. The van der Waals surface area contributed by atoms with E-state index in [0.717, 1.165) is 0 Å². The number of hydrogen-bond acceptors (Lipinski definition) is 5. The molecule has 2 amide bonds. The molecule has 2 atom stereocenters. The van der Waals surface area contributed by atoms with Gasteiger partial charge in [-0.3, -0.25) is 19.7 Å². The quantitative estimate of drug-likeness (QED) is 0.621. The second kappa shape index (κ2) is 7.59. The Morgan fingerprint density at radius 2 is 2.29 bits per heavy atom. The van der Waals surface area contributed by atoms with Crippen LogP contribution in [0, 0.1) is 16.0 Å². The van der Waals surface area contributed by atoms with E-state index in [1.807, 2.05) is 6.92 Å². The van der Waals surface area contributed by atoms with Crippen LogP contribution in [0.2, 0.25) is 5.02 Å². The molecule has 24 heavy (non-hydrogen) atoms. The van der Waals surface area contributed by atoms with Crippen LogP contribution in [0.1, 0.15) is 13.3 Å². The van der Waals surface area contributed by atoms with Gasteiger partial charge < -0.3 is 15.0 Å². The van der Waals surface area contributed by atoms with Crippen LogP contribution in [0.25, 0.3) is 0 Å². The number of nitrogens with one attached hydrogen (secondary N) is 1. The molecular weight excluding hydrogens is 338 g/mol. The number of halogens is 1. The Labute approximate surface area is 143 Å². The van der Waals surface area contributed by atoms with E-state index in [4.69, 9.17) is 16.3 Å². The van der Waals surface area contributed by atoms with Crippen molar-refractivity contribution >= 4 is 34.8 Å². The molecule has 2 rings (SSSR count). The topological polar surface area (TPSA) is 102 Å². The monoisotopic (exact) mass is 355 g/mol. The van der Waals surface area contributed by atoms with Crippen molar-refractivity contribution in [2.45, 2.75) is 19.4 Å². The fourth-order valence-electron chi connectivity index (χ4n) is 2.64. The van der Waals surface area contributed by atoms with Gasteiger partial charge in [0.05, 0.1) is 23.5 Å². The molecule has 0 aliphatic carbocycles. The Kier molecular flexibility index (Phi) is 5.74. The number of rotatable bonds is 6. The lowest BCUT2D eigenvalue weighted by Gasteiger charge is -2.23. The fourth-order valence-corrected chi connectivity index (χ4v) is 2.83. The van der Waals surface area contributed by atoms with E-state index in [1.165, 1.54) is 18.2 Å². The number of nitro benzene ring substituents is 1. The highest BCUT2D eigenvalue weighted by Crippen LogP contribution is 2.28. The molecule has 0 saturated carbocycles. The Morgan fingerprint density at radius 1 is 1.58 bits per heavy atom. The number of amides is 2. The largest absolute Gasteiger partial charge is 0.383 e. The summed E-state index contributed by atoms with van der Waals surface area (Å²) < 4.78 is 5.03. The van der Waals surface area contributed by atoms with E-state index in [9.17, 15) is 19.7 Å². The molecule has 1 aliphatic rings. The van der Waals surface area contributed by atoms with Crippen LogP contribution < -0.4 is 5.32 Å². The first-order chi connectivity index (χ1) is 11.3. The van der Waals surface area contributed by atoms with Crippen LogP contribution in [0.5, 0.6) is 0 Å². The average Bonchev–Trinajstić information content (AvgIpc) is 2.91. The molecule has 0 radical (unpaired) electrons. The molecular formula is C15H18ClN3O5. The van der Waals surface area contributed by atoms with Crippen LogP contribution in [0.4, 0.5) is 11.4 Å². The Morgan fingerprint density at radius 3 is 2.92 bits per heavy atom. The summed E-state index contributed by atoms with van der Waals surface area (Å²) in [6, 6.07) is 3.91. The molecule has 9 heteroatoms. The van der Waals surface area contributed by atoms with Gasteiger partial charge in [-0.2, -0.15) is 0 Å². The number of likely N-dealkylation sites (tertiary alicyclic amines) is 1. The fraction of sp³-hybridized carbons (Fsp3) is 0.467. The smallest absolute Gasteiger partial charge is 0.289 e. The summed E-state index contributed by atoms with van der Waals surface area (Å²) in [6.07, 6.45) is 0.107. The number of nitro groups is 1. The summed E-state index contributed by atoms with van der Waals surface area (Å²) in [5, 5.41) is 13.5. The highest BCUT2D eigenvalue weighted by Gasteiger charge is 2.36. The summed E-state index contributed by atoms with van der Waals surface area (Å²) in [5.74, 6) is -0.972. The molecule has 0 aromatic heterocycles. The van der Waals surface area contributed by atoms with Gasteiger partial charge in [-0.1, -0.05) is 11.6 Å². The normalized spacial score (nSPS) is 18.5. The average molecular weight is 356 g/mol. The first-order valence-electron chi connectivity index (χ1n) is 7.36. The molecule has 0 bridgehead atoms. The summed E-state index contributed by atoms with van der Waals surface area (Å²) in [7, 11) is 1.55. The molecule has 1 aliphatic heterocycles. The minimum atomic E-state index is -0.620. The number of ether oxygens (including phenoxy) is 1. The van der Waals surface area contributed by atoms with Crippen molar-refractivity contribution in [1.82, 2.24) is 4.90 Å². The standard InChI is InChI=1S/C15H18ClN3O5/c1-9(8-24-2)18-7-10(5-14(18)20)15(21)17-11-3-4-12(16)13(6-11)19(22)23/h3-4,6,9-10H,5,7-8H2,1-2H3,(H,17,21)/t9-,10-/m1/s1. The van der Waals surface area contributed by atoms with Crippen molar-refractivity contribution in [3.63, 3.8) is 0 Å². The van der Waals surface area contributed by atoms with Crippen LogP contribution in [-0.4, -0.2) is 47.9 Å². The van der Waals surface area contributed by atoms with E-state index in [-0.39, 0.29) is 40.7 Å². The minimum absolute atomic E-state index is 0.00592. The molecule has 1 heterocycles. The molecule has 1 N–H and O–H groups in total. The number of benzene rings is 1. The van der Waals surface area contributed by atoms with Crippen molar-refractivity contribution in [1.29, 1.82) is 0 Å². The molecule has 0 unspecified atom stereocenters. The Bertz CT molecular complexity index is 667. The first-order valence-corrected chi connectivity index (χ1v) is 7.74. The lowest BCUT2D eigenvalue weighted by Crippen LogP contribution is -2.38. The second-order valence-corrected chi connectivity index (χ2v) is 6.07. The van der Waals surface area contributed by atoms with E-state index >= 15 is 0 Å². The zero-order chi connectivity index (χ0) is 17.9. The van der Waals surface area contributed by atoms with Crippen LogP contribution in [0.3, 0.4) is 0 Å². The zero-order valence-corrected chi connectivity index (χ0v) is 14.1. The molecule has 1 fully saturated rings. The minimum Gasteiger partial charge on any atom is -0.383 e. The third-order valence-electron chi connectivity index (χ3n) is 3.88. The number of hydrogen-bond donors (Lipinski definition) is 1. The molecule has 8 nitrogen and oxygen atoms in total. The van der Waals surface area contributed by atoms with E-state index in [1.54, 1.807) is 12.0 Å². The molecule has 1 saturated heterocycles. The van der Waals surface area contributed by atoms with Crippen molar-refractivity contribution in [2.24, 2.45) is 5.92 Å². The predicted molar refractivity (Wildman–Crippen MR) is 87.9 cm³/mol. The van der Waals surface area contributed by atoms with Crippen molar-refractivity contribution < 1.29 is 19.2 Å². The van der Waals surface area contributed by atoms with Gasteiger partial charge >= 0.3 is 0 Å². The van der Waals surface area contributed by atoms with Gasteiger partial charge in [0.2, 0.25) is 11.8 Å². The maximum Gasteiger partial charge on any atom is 0.289 e. The lowest BCUT2D eigenvalue weighted by molar-refractivity contribution is -0.384.